The summed E-state index contributed by atoms with van der Waals surface area (Å²) in [4.78, 5) is 38.1. The molecule has 5 rings (SSSR count). The maximum atomic E-state index is 13.1. The van der Waals surface area contributed by atoms with Gasteiger partial charge in [0.05, 0.1) is 5.41 Å². The highest BCUT2D eigenvalue weighted by atomic mass is 19.1. The molecular weight excluding hydrogens is 457 g/mol. The standard InChI is InChI=1S/C29H22FN3O3/c1-18-15-23-27(33-28(18)31-2)24(11-14-32-23)36-22-9-5-20(6-10-22)17-26(35)29(12-13-29)25(34)16-19-3-7-21(30)8-4-19/h3-11,14-15H,12-13,16-17H2,1H3. The van der Waals surface area contributed by atoms with E-state index in [-0.39, 0.29) is 30.2 Å². The molecule has 1 saturated carbocycles. The van der Waals surface area contributed by atoms with Crippen molar-refractivity contribution in [3.8, 4) is 11.5 Å². The fraction of sp³-hybridized carbons (Fsp3) is 0.207. The first-order valence-corrected chi connectivity index (χ1v) is 11.6. The number of hydrogen-bond donors (Lipinski definition) is 0. The summed E-state index contributed by atoms with van der Waals surface area (Å²) in [6.07, 6.45) is 3.02. The molecule has 36 heavy (non-hydrogen) atoms. The van der Waals surface area contributed by atoms with Crippen LogP contribution in [-0.4, -0.2) is 21.5 Å². The molecule has 0 spiro atoms. The Kier molecular flexibility index (Phi) is 6.03. The number of ketones is 2. The van der Waals surface area contributed by atoms with Gasteiger partial charge >= 0.3 is 0 Å². The zero-order valence-electron chi connectivity index (χ0n) is 19.6. The molecule has 7 heteroatoms. The van der Waals surface area contributed by atoms with E-state index in [0.29, 0.717) is 46.8 Å². The molecule has 0 unspecified atom stereocenters. The van der Waals surface area contributed by atoms with Gasteiger partial charge in [0, 0.05) is 25.1 Å². The van der Waals surface area contributed by atoms with Crippen molar-refractivity contribution in [2.45, 2.75) is 32.6 Å². The van der Waals surface area contributed by atoms with Gasteiger partial charge in [0.1, 0.15) is 17.1 Å². The van der Waals surface area contributed by atoms with Gasteiger partial charge in [-0.05, 0) is 66.8 Å². The van der Waals surface area contributed by atoms with Crippen LogP contribution in [0, 0.1) is 24.7 Å². The van der Waals surface area contributed by atoms with Crippen LogP contribution in [0.3, 0.4) is 0 Å². The quantitative estimate of drug-likeness (QED) is 0.225. The number of nitrogens with zero attached hydrogens (tertiary/aromatic N) is 3. The highest BCUT2D eigenvalue weighted by Gasteiger charge is 2.54. The van der Waals surface area contributed by atoms with Crippen molar-refractivity contribution in [1.29, 1.82) is 0 Å². The fourth-order valence-electron chi connectivity index (χ4n) is 4.28. The lowest BCUT2D eigenvalue weighted by molar-refractivity contribution is -0.133. The van der Waals surface area contributed by atoms with Gasteiger partial charge in [-0.2, -0.15) is 0 Å². The average Bonchev–Trinajstić information content (AvgIpc) is 3.69. The highest BCUT2D eigenvalue weighted by Crippen LogP contribution is 2.48. The second-order valence-corrected chi connectivity index (χ2v) is 9.07. The number of carbonyl (C=O) groups excluding carboxylic acids is 2. The summed E-state index contributed by atoms with van der Waals surface area (Å²) in [5.74, 6) is 0.792. The molecule has 0 radical (unpaired) electrons. The molecule has 4 aromatic rings. The van der Waals surface area contributed by atoms with Gasteiger partial charge in [-0.25, -0.2) is 4.39 Å². The molecule has 2 aromatic carbocycles. The number of ether oxygens (including phenoxy) is 1. The summed E-state index contributed by atoms with van der Waals surface area (Å²) in [7, 11) is 0. The molecule has 6 nitrogen and oxygen atoms in total. The first-order valence-electron chi connectivity index (χ1n) is 11.6. The number of halogens is 1. The van der Waals surface area contributed by atoms with E-state index in [4.69, 9.17) is 11.3 Å². The number of Topliss-reactive ketones (excluding diaryl/α,β-unsaturated/α-hetero) is 2. The number of aryl methyl sites for hydroxylation is 1. The highest BCUT2D eigenvalue weighted by molar-refractivity contribution is 6.10. The molecule has 0 saturated heterocycles. The van der Waals surface area contributed by atoms with Crippen LogP contribution in [0.2, 0.25) is 0 Å². The molecule has 0 N–H and O–H groups in total. The van der Waals surface area contributed by atoms with Crippen molar-refractivity contribution in [2.75, 3.05) is 0 Å². The van der Waals surface area contributed by atoms with E-state index in [0.717, 1.165) is 11.1 Å². The second kappa shape index (κ2) is 9.31. The Morgan fingerprint density at radius 2 is 1.61 bits per heavy atom. The van der Waals surface area contributed by atoms with Gasteiger partial charge in [-0.3, -0.25) is 14.6 Å². The van der Waals surface area contributed by atoms with Crippen LogP contribution in [0.1, 0.15) is 29.5 Å². The molecule has 1 aliphatic rings. The molecule has 1 aliphatic carbocycles. The van der Waals surface area contributed by atoms with Crippen molar-refractivity contribution in [1.82, 2.24) is 9.97 Å². The number of benzene rings is 2. The minimum atomic E-state index is -0.927. The number of aromatic nitrogens is 2. The minimum Gasteiger partial charge on any atom is -0.453 e. The van der Waals surface area contributed by atoms with Gasteiger partial charge in [0.2, 0.25) is 5.52 Å². The SMILES string of the molecule is [C-]#[N+]c1nc2c(Oc3ccc(CC(=O)C4(C(=O)Cc5ccc(F)cc5)CC4)cc3)ccnc2cc1C. The third-order valence-electron chi connectivity index (χ3n) is 6.56. The van der Waals surface area contributed by atoms with Crippen LogP contribution in [-0.2, 0) is 22.4 Å². The number of pyridine rings is 2. The summed E-state index contributed by atoms with van der Waals surface area (Å²) in [6.45, 7) is 9.13. The molecule has 0 bridgehead atoms. The summed E-state index contributed by atoms with van der Waals surface area (Å²) in [6, 6.07) is 16.4. The van der Waals surface area contributed by atoms with E-state index in [9.17, 15) is 14.0 Å². The predicted molar refractivity (Wildman–Crippen MR) is 133 cm³/mol. The van der Waals surface area contributed by atoms with Crippen LogP contribution in [0.15, 0.2) is 66.9 Å². The van der Waals surface area contributed by atoms with Crippen molar-refractivity contribution in [3.05, 3.63) is 101 Å². The predicted octanol–water partition coefficient (Wildman–Crippen LogP) is 6.12. The lowest BCUT2D eigenvalue weighted by atomic mass is 9.88. The Morgan fingerprint density at radius 1 is 1.00 bits per heavy atom. The second-order valence-electron chi connectivity index (χ2n) is 9.07. The van der Waals surface area contributed by atoms with Crippen LogP contribution < -0.4 is 4.74 Å². The average molecular weight is 480 g/mol. The van der Waals surface area contributed by atoms with E-state index in [2.05, 4.69) is 14.8 Å². The van der Waals surface area contributed by atoms with Crippen LogP contribution in [0.5, 0.6) is 11.5 Å². The zero-order valence-corrected chi connectivity index (χ0v) is 19.6. The lowest BCUT2D eigenvalue weighted by Gasteiger charge is -2.13. The first kappa shape index (κ1) is 23.3. The molecular formula is C29H22FN3O3. The largest absolute Gasteiger partial charge is 0.453 e. The van der Waals surface area contributed by atoms with Gasteiger partial charge in [0.25, 0.3) is 5.82 Å². The van der Waals surface area contributed by atoms with Crippen LogP contribution >= 0.6 is 0 Å². The van der Waals surface area contributed by atoms with Crippen LogP contribution in [0.25, 0.3) is 15.9 Å². The Morgan fingerprint density at radius 3 is 2.19 bits per heavy atom. The summed E-state index contributed by atoms with van der Waals surface area (Å²) < 4.78 is 19.2. The minimum absolute atomic E-state index is 0.0883. The third kappa shape index (κ3) is 4.58. The number of hydrogen-bond acceptors (Lipinski definition) is 5. The Balaban J connectivity index is 1.27. The van der Waals surface area contributed by atoms with E-state index in [1.54, 1.807) is 48.7 Å². The number of fused-ring (bicyclic) bond motifs is 1. The summed E-state index contributed by atoms with van der Waals surface area (Å²) in [5.41, 5.74) is 2.46. The molecule has 178 valence electrons. The van der Waals surface area contributed by atoms with Crippen LogP contribution in [0.4, 0.5) is 10.2 Å². The van der Waals surface area contributed by atoms with E-state index in [1.807, 2.05) is 13.0 Å². The van der Waals surface area contributed by atoms with Gasteiger partial charge in [0.15, 0.2) is 17.3 Å². The van der Waals surface area contributed by atoms with Crippen molar-refractivity contribution < 1.29 is 18.7 Å². The molecule has 2 aromatic heterocycles. The topological polar surface area (TPSA) is 73.5 Å². The molecule has 2 heterocycles. The molecule has 0 atom stereocenters. The smallest absolute Gasteiger partial charge is 0.273 e. The lowest BCUT2D eigenvalue weighted by Crippen LogP contribution is -2.28. The van der Waals surface area contributed by atoms with E-state index >= 15 is 0 Å². The monoisotopic (exact) mass is 479 g/mol. The number of carbonyl (C=O) groups is 2. The van der Waals surface area contributed by atoms with E-state index in [1.165, 1.54) is 12.1 Å². The molecule has 1 fully saturated rings. The Labute approximate surface area is 207 Å². The summed E-state index contributed by atoms with van der Waals surface area (Å²) in [5, 5.41) is 0. The van der Waals surface area contributed by atoms with Gasteiger partial charge in [-0.1, -0.05) is 30.8 Å². The zero-order chi connectivity index (χ0) is 25.3. The first-order chi connectivity index (χ1) is 17.4. The summed E-state index contributed by atoms with van der Waals surface area (Å²) >= 11 is 0. The maximum Gasteiger partial charge on any atom is 0.273 e. The van der Waals surface area contributed by atoms with Gasteiger partial charge in [-0.15, -0.1) is 4.98 Å². The van der Waals surface area contributed by atoms with Crippen molar-refractivity contribution >= 4 is 28.4 Å². The number of rotatable bonds is 8. The normalized spacial score (nSPS) is 13.7. The Hall–Kier alpha value is -4.44. The van der Waals surface area contributed by atoms with Crippen molar-refractivity contribution in [2.24, 2.45) is 5.41 Å². The third-order valence-corrected chi connectivity index (χ3v) is 6.56. The maximum absolute atomic E-state index is 13.1. The molecule has 0 aliphatic heterocycles. The molecule has 0 amide bonds. The fourth-order valence-corrected chi connectivity index (χ4v) is 4.28. The Bertz CT molecular complexity index is 1520. The van der Waals surface area contributed by atoms with Gasteiger partial charge < -0.3 is 9.58 Å². The van der Waals surface area contributed by atoms with E-state index < -0.39 is 5.41 Å². The van der Waals surface area contributed by atoms with Crippen molar-refractivity contribution in [3.63, 3.8) is 0 Å².